The minimum absolute atomic E-state index is 0.182. The van der Waals surface area contributed by atoms with Crippen molar-refractivity contribution in [2.24, 2.45) is 10.7 Å². The summed E-state index contributed by atoms with van der Waals surface area (Å²) >= 11 is -2.14. The number of anilines is 1. The zero-order valence-corrected chi connectivity index (χ0v) is 14.3. The number of aromatic amines is 1. The number of amidine groups is 1. The molecule has 0 fully saturated rings. The van der Waals surface area contributed by atoms with Crippen LogP contribution < -0.4 is 10.5 Å². The average molecular weight is 349 g/mol. The Balaban J connectivity index is 2.33. The van der Waals surface area contributed by atoms with Crippen molar-refractivity contribution in [1.29, 1.82) is 0 Å². The highest BCUT2D eigenvalue weighted by Gasteiger charge is 2.23. The topological polar surface area (TPSA) is 133 Å². The summed E-state index contributed by atoms with van der Waals surface area (Å²) in [4.78, 5) is 15.6. The molecule has 1 aromatic carbocycles. The Morgan fingerprint density at radius 3 is 2.50 bits per heavy atom. The first-order valence-electron chi connectivity index (χ1n) is 7.08. The second-order valence-electron chi connectivity index (χ2n) is 6.13. The fourth-order valence-electron chi connectivity index (χ4n) is 2.10. The van der Waals surface area contributed by atoms with E-state index in [0.717, 1.165) is 0 Å². The Morgan fingerprint density at radius 2 is 2.00 bits per heavy atom. The number of H-pyrrole nitrogens is 1. The molecule has 0 aliphatic heterocycles. The van der Waals surface area contributed by atoms with Gasteiger partial charge in [-0.15, -0.1) is 0 Å². The second-order valence-corrected chi connectivity index (χ2v) is 6.83. The van der Waals surface area contributed by atoms with E-state index in [0.29, 0.717) is 28.8 Å². The quantitative estimate of drug-likeness (QED) is 0.284. The zero-order chi connectivity index (χ0) is 17.9. The highest BCUT2D eigenvalue weighted by molar-refractivity contribution is 7.80. The summed E-state index contributed by atoms with van der Waals surface area (Å²) < 4.78 is 21.8. The summed E-state index contributed by atoms with van der Waals surface area (Å²) in [6.07, 6.45) is 0.708. The number of aldehydes is 1. The molecule has 0 aliphatic carbocycles. The van der Waals surface area contributed by atoms with Crippen LogP contribution in [0.5, 0.6) is 0 Å². The molecule has 2 aromatic rings. The molecule has 1 atom stereocenters. The Kier molecular flexibility index (Phi) is 5.15. The highest BCUT2D eigenvalue weighted by atomic mass is 32.2. The van der Waals surface area contributed by atoms with Crippen LogP contribution >= 0.6 is 0 Å². The van der Waals surface area contributed by atoms with Crippen molar-refractivity contribution in [3.8, 4) is 0 Å². The van der Waals surface area contributed by atoms with Gasteiger partial charge >= 0.3 is 0 Å². The van der Waals surface area contributed by atoms with Gasteiger partial charge in [0.15, 0.2) is 12.1 Å². The number of aliphatic imine (C=N–C) groups is 1. The first-order chi connectivity index (χ1) is 11.2. The third-order valence-electron chi connectivity index (χ3n) is 3.26. The van der Waals surface area contributed by atoms with E-state index in [4.69, 9.17) is 10.3 Å². The number of benzene rings is 1. The molecule has 9 heteroatoms. The average Bonchev–Trinajstić information content (AvgIpc) is 2.90. The summed E-state index contributed by atoms with van der Waals surface area (Å²) in [5.41, 5.74) is 7.82. The van der Waals surface area contributed by atoms with E-state index in [-0.39, 0.29) is 17.1 Å². The summed E-state index contributed by atoms with van der Waals surface area (Å²) in [5.74, 6) is 0.410. The van der Waals surface area contributed by atoms with Gasteiger partial charge in [-0.25, -0.2) is 9.20 Å². The van der Waals surface area contributed by atoms with Crippen LogP contribution in [-0.4, -0.2) is 31.1 Å². The lowest BCUT2D eigenvalue weighted by atomic mass is 9.89. The lowest BCUT2D eigenvalue weighted by Gasteiger charge is -2.16. The van der Waals surface area contributed by atoms with Gasteiger partial charge in [-0.1, -0.05) is 20.8 Å². The smallest absolute Gasteiger partial charge is 0.259 e. The molecule has 0 bridgehead atoms. The summed E-state index contributed by atoms with van der Waals surface area (Å²) in [6, 6.07) is 6.48. The fraction of sp³-hybridized carbons (Fsp3) is 0.267. The monoisotopic (exact) mass is 349 g/mol. The molecule has 0 saturated heterocycles. The van der Waals surface area contributed by atoms with Crippen molar-refractivity contribution in [2.45, 2.75) is 26.2 Å². The van der Waals surface area contributed by atoms with Crippen LogP contribution in [0.4, 0.5) is 11.5 Å². The Morgan fingerprint density at radius 1 is 1.38 bits per heavy atom. The fourth-order valence-corrected chi connectivity index (χ4v) is 2.44. The molecule has 1 heterocycles. The van der Waals surface area contributed by atoms with E-state index in [1.807, 2.05) is 20.8 Å². The third kappa shape index (κ3) is 4.06. The molecule has 0 saturated carbocycles. The Hall–Kier alpha value is -2.52. The van der Waals surface area contributed by atoms with Gasteiger partial charge in [0, 0.05) is 16.7 Å². The maximum Gasteiger partial charge on any atom is 0.259 e. The number of carbonyl (C=O) groups excluding carboxylic acids is 1. The molecule has 0 aliphatic rings. The number of nitrogens with one attached hydrogen (secondary N) is 2. The van der Waals surface area contributed by atoms with E-state index >= 15 is 0 Å². The van der Waals surface area contributed by atoms with E-state index in [1.54, 1.807) is 24.3 Å². The first-order valence-corrected chi connectivity index (χ1v) is 8.19. The van der Waals surface area contributed by atoms with Gasteiger partial charge in [0.25, 0.3) is 11.3 Å². The minimum atomic E-state index is -2.14. The maximum atomic E-state index is 11.4. The number of hydrogen-bond acceptors (Lipinski definition) is 4. The zero-order valence-electron chi connectivity index (χ0n) is 13.5. The molecular weight excluding hydrogens is 330 g/mol. The van der Waals surface area contributed by atoms with Crippen LogP contribution in [0.3, 0.4) is 0 Å². The molecule has 24 heavy (non-hydrogen) atoms. The van der Waals surface area contributed by atoms with Crippen LogP contribution in [0.25, 0.3) is 0 Å². The number of aromatic nitrogens is 2. The van der Waals surface area contributed by atoms with Crippen LogP contribution in [-0.2, 0) is 16.7 Å². The van der Waals surface area contributed by atoms with E-state index < -0.39 is 11.3 Å². The van der Waals surface area contributed by atoms with Crippen molar-refractivity contribution in [1.82, 2.24) is 10.2 Å². The van der Waals surface area contributed by atoms with Gasteiger partial charge in [-0.3, -0.25) is 19.2 Å². The maximum absolute atomic E-state index is 11.4. The van der Waals surface area contributed by atoms with Gasteiger partial charge in [0.05, 0.1) is 11.3 Å². The van der Waals surface area contributed by atoms with Gasteiger partial charge in [0.1, 0.15) is 5.84 Å². The van der Waals surface area contributed by atoms with Crippen LogP contribution in [0.1, 0.15) is 42.4 Å². The van der Waals surface area contributed by atoms with Crippen molar-refractivity contribution < 1.29 is 13.6 Å². The summed E-state index contributed by atoms with van der Waals surface area (Å²) in [7, 11) is 0. The lowest BCUT2D eigenvalue weighted by molar-refractivity contribution is 0.112. The largest absolute Gasteiger partial charge is 0.383 e. The van der Waals surface area contributed by atoms with Crippen molar-refractivity contribution in [2.75, 3.05) is 4.72 Å². The summed E-state index contributed by atoms with van der Waals surface area (Å²) in [5, 5.41) is 6.90. The lowest BCUT2D eigenvalue weighted by Crippen LogP contribution is -2.14. The second kappa shape index (κ2) is 6.93. The standard InChI is InChI=1S/C15H19N5O3S/c1-15(2,3)12-11(8-21)14(19-18-12)17-13(16)9-4-6-10(7-5-9)20-24(22)23/h4-8,20H,1-3H3,(H,22,23)(H3,16,17,18,19). The van der Waals surface area contributed by atoms with Gasteiger partial charge in [-0.05, 0) is 24.3 Å². The minimum Gasteiger partial charge on any atom is -0.383 e. The normalized spacial score (nSPS) is 13.6. The van der Waals surface area contributed by atoms with Crippen LogP contribution in [0, 0.1) is 0 Å². The molecule has 128 valence electrons. The Labute approximate surface area is 142 Å². The number of nitrogens with two attached hydrogens (primary N) is 1. The van der Waals surface area contributed by atoms with Gasteiger partial charge in [0.2, 0.25) is 0 Å². The van der Waals surface area contributed by atoms with Crippen LogP contribution in [0.2, 0.25) is 0 Å². The van der Waals surface area contributed by atoms with Gasteiger partial charge in [-0.2, -0.15) is 5.10 Å². The van der Waals surface area contributed by atoms with E-state index in [2.05, 4.69) is 19.9 Å². The molecule has 2 rings (SSSR count). The predicted octanol–water partition coefficient (Wildman–Crippen LogP) is 2.11. The van der Waals surface area contributed by atoms with Gasteiger partial charge < -0.3 is 5.73 Å². The number of hydrogen-bond donors (Lipinski definition) is 4. The molecule has 0 spiro atoms. The van der Waals surface area contributed by atoms with Crippen molar-refractivity contribution in [3.05, 3.63) is 41.1 Å². The van der Waals surface area contributed by atoms with Crippen LogP contribution in [0.15, 0.2) is 29.3 Å². The highest BCUT2D eigenvalue weighted by Crippen LogP contribution is 2.28. The van der Waals surface area contributed by atoms with Crippen molar-refractivity contribution >= 4 is 34.9 Å². The van der Waals surface area contributed by atoms with E-state index in [9.17, 15) is 9.00 Å². The summed E-state index contributed by atoms with van der Waals surface area (Å²) in [6.45, 7) is 5.88. The molecular formula is C15H19N5O3S. The first kappa shape index (κ1) is 17.8. The van der Waals surface area contributed by atoms with E-state index in [1.165, 1.54) is 0 Å². The third-order valence-corrected chi connectivity index (χ3v) is 3.67. The molecule has 0 radical (unpaired) electrons. The molecule has 1 unspecified atom stereocenters. The number of carbonyl (C=O) groups is 1. The molecule has 8 nitrogen and oxygen atoms in total. The molecule has 1 aromatic heterocycles. The van der Waals surface area contributed by atoms with Crippen molar-refractivity contribution in [3.63, 3.8) is 0 Å². The predicted molar refractivity (Wildman–Crippen MR) is 93.9 cm³/mol. The SMILES string of the molecule is CC(C)(C)c1[nH]nc(N=C(N)c2ccc(NS(=O)O)cc2)c1C=O. The Bertz CT molecular complexity index is 790. The number of rotatable bonds is 5. The molecule has 5 N–H and O–H groups in total. The number of nitrogens with zero attached hydrogens (tertiary/aromatic N) is 2. The molecule has 0 amide bonds.